The van der Waals surface area contributed by atoms with Crippen molar-refractivity contribution in [2.45, 2.75) is 46.1 Å². The van der Waals surface area contributed by atoms with Crippen LogP contribution in [0.5, 0.6) is 0 Å². The lowest BCUT2D eigenvalue weighted by Crippen LogP contribution is -2.51. The summed E-state index contributed by atoms with van der Waals surface area (Å²) in [5.74, 6) is 0.427. The molecule has 2 aromatic heterocycles. The molecule has 2 heterocycles. The first kappa shape index (κ1) is 34.5. The number of likely N-dealkylation sites (N-methyl/N-ethyl adjacent to an activating group) is 2. The van der Waals surface area contributed by atoms with E-state index < -0.39 is 5.54 Å². The second-order valence-electron chi connectivity index (χ2n) is 9.34. The number of halogens is 1. The van der Waals surface area contributed by atoms with Crippen LogP contribution in [0.3, 0.4) is 0 Å². The minimum absolute atomic E-state index is 0.0310. The summed E-state index contributed by atoms with van der Waals surface area (Å²) in [5.41, 5.74) is 2.44. The molecular formula is C31H43FN5O2P. The molecule has 3 rings (SSSR count). The topological polar surface area (TPSA) is 87.2 Å². The number of fused-ring (bicyclic) bond motifs is 1. The number of carbonyl (C=O) groups excluding carboxylic acids is 2. The predicted octanol–water partition coefficient (Wildman–Crippen LogP) is 5.74. The van der Waals surface area contributed by atoms with Crippen molar-refractivity contribution in [1.82, 2.24) is 20.2 Å². The molecule has 0 saturated carbocycles. The van der Waals surface area contributed by atoms with Crippen molar-refractivity contribution < 1.29 is 14.0 Å². The SMILES string of the molecule is C=C/C=C(P)\C=C\F.CC.CNC(C)(C)C(=O)N(C)C/C=C/c1cnc2c(c1)CC(C(=O)Nc1ccccn1)C2. The normalized spacial score (nSPS) is 14.5. The van der Waals surface area contributed by atoms with E-state index in [9.17, 15) is 14.0 Å². The Morgan fingerprint density at radius 2 is 1.98 bits per heavy atom. The first-order valence-corrected chi connectivity index (χ1v) is 13.8. The number of nitrogens with one attached hydrogen (secondary N) is 2. The van der Waals surface area contributed by atoms with Gasteiger partial charge < -0.3 is 15.5 Å². The average molecular weight is 568 g/mol. The number of hydrogen-bond acceptors (Lipinski definition) is 5. The fraction of sp³-hybridized carbons (Fsp3) is 0.355. The third kappa shape index (κ3) is 11.3. The molecule has 0 spiro atoms. The zero-order valence-corrected chi connectivity index (χ0v) is 25.6. The Kier molecular flexibility index (Phi) is 15.5. The van der Waals surface area contributed by atoms with Gasteiger partial charge in [-0.2, -0.15) is 0 Å². The summed E-state index contributed by atoms with van der Waals surface area (Å²) in [4.78, 5) is 35.3. The number of anilines is 1. The molecule has 0 aromatic carbocycles. The molecule has 2 N–H and O–H groups in total. The molecule has 40 heavy (non-hydrogen) atoms. The fourth-order valence-corrected chi connectivity index (χ4v) is 3.92. The van der Waals surface area contributed by atoms with Crippen LogP contribution in [0.1, 0.15) is 44.5 Å². The Labute approximate surface area is 241 Å². The standard InChI is InChI=1S/C23H29N5O2.C6H8FP.C2H6/c1-23(2,24-3)22(30)28(4)11-7-8-16-12-17-13-18(14-19(17)26-15-16)21(29)27-20-9-5-6-10-25-20;1-2-3-6(8)4-5-7;1-2/h5-10,12,15,18,24H,11,13-14H2,1-4H3,(H,25,27,29);2-5H,1,8H2;1-2H3/b8-7+;5-4+,6-3+;. The minimum Gasteiger partial charge on any atom is -0.340 e. The third-order valence-electron chi connectivity index (χ3n) is 6.04. The molecule has 2 unspecified atom stereocenters. The highest BCUT2D eigenvalue weighted by atomic mass is 31.0. The van der Waals surface area contributed by atoms with Crippen LogP contribution in [-0.2, 0) is 22.4 Å². The molecule has 1 aliphatic rings. The van der Waals surface area contributed by atoms with Crippen molar-refractivity contribution in [3.63, 3.8) is 0 Å². The lowest BCUT2D eigenvalue weighted by molar-refractivity contribution is -0.135. The molecule has 2 atom stereocenters. The monoisotopic (exact) mass is 567 g/mol. The highest BCUT2D eigenvalue weighted by Crippen LogP contribution is 2.27. The highest BCUT2D eigenvalue weighted by molar-refractivity contribution is 7.22. The van der Waals surface area contributed by atoms with Crippen LogP contribution >= 0.6 is 9.24 Å². The van der Waals surface area contributed by atoms with Crippen LogP contribution < -0.4 is 10.6 Å². The summed E-state index contributed by atoms with van der Waals surface area (Å²) in [6, 6.07) is 7.51. The van der Waals surface area contributed by atoms with Gasteiger partial charge >= 0.3 is 0 Å². The summed E-state index contributed by atoms with van der Waals surface area (Å²) < 4.78 is 11.3. The van der Waals surface area contributed by atoms with E-state index in [-0.39, 0.29) is 17.7 Å². The van der Waals surface area contributed by atoms with Gasteiger partial charge in [-0.15, -0.1) is 9.24 Å². The van der Waals surface area contributed by atoms with Gasteiger partial charge in [0.25, 0.3) is 0 Å². The second-order valence-corrected chi connectivity index (χ2v) is 10.0. The Balaban J connectivity index is 0.000000689. The quantitative estimate of drug-likeness (QED) is 0.298. The summed E-state index contributed by atoms with van der Waals surface area (Å²) in [5, 5.41) is 6.68. The molecular weight excluding hydrogens is 524 g/mol. The van der Waals surface area contributed by atoms with Gasteiger partial charge in [-0.1, -0.05) is 50.8 Å². The van der Waals surface area contributed by atoms with Gasteiger partial charge in [-0.25, -0.2) is 9.37 Å². The number of allylic oxidation sites excluding steroid dienone is 4. The maximum Gasteiger partial charge on any atom is 0.242 e. The Bertz CT molecular complexity index is 1200. The zero-order chi connectivity index (χ0) is 30.1. The van der Waals surface area contributed by atoms with E-state index >= 15 is 0 Å². The Morgan fingerprint density at radius 1 is 1.25 bits per heavy atom. The molecule has 216 valence electrons. The molecule has 0 radical (unpaired) electrons. The van der Waals surface area contributed by atoms with Crippen LogP contribution in [0.2, 0.25) is 0 Å². The smallest absolute Gasteiger partial charge is 0.242 e. The number of rotatable bonds is 9. The molecule has 2 aromatic rings. The summed E-state index contributed by atoms with van der Waals surface area (Å²) >= 11 is 0. The number of aromatic nitrogens is 2. The van der Waals surface area contributed by atoms with E-state index in [1.807, 2.05) is 58.2 Å². The van der Waals surface area contributed by atoms with Gasteiger partial charge in [-0.3, -0.25) is 14.6 Å². The number of pyridine rings is 2. The molecule has 0 fully saturated rings. The molecule has 0 aliphatic heterocycles. The van der Waals surface area contributed by atoms with Crippen LogP contribution in [-0.4, -0.2) is 52.9 Å². The van der Waals surface area contributed by atoms with Gasteiger partial charge in [0, 0.05) is 44.0 Å². The number of nitrogens with zero attached hydrogens (tertiary/aromatic N) is 3. The molecule has 0 saturated heterocycles. The van der Waals surface area contributed by atoms with E-state index in [2.05, 4.69) is 42.5 Å². The van der Waals surface area contributed by atoms with Gasteiger partial charge in [0.2, 0.25) is 11.8 Å². The number of amides is 2. The maximum atomic E-state index is 12.5. The largest absolute Gasteiger partial charge is 0.340 e. The van der Waals surface area contributed by atoms with Gasteiger partial charge in [0.1, 0.15) is 5.82 Å². The second kappa shape index (κ2) is 18.0. The predicted molar refractivity (Wildman–Crippen MR) is 167 cm³/mol. The Morgan fingerprint density at radius 3 is 2.58 bits per heavy atom. The first-order chi connectivity index (χ1) is 19.1. The molecule has 9 heteroatoms. The maximum absolute atomic E-state index is 12.5. The van der Waals surface area contributed by atoms with Crippen LogP contribution in [0.25, 0.3) is 6.08 Å². The summed E-state index contributed by atoms with van der Waals surface area (Å²) in [7, 11) is 5.93. The first-order valence-electron chi connectivity index (χ1n) is 13.3. The van der Waals surface area contributed by atoms with E-state index in [1.54, 1.807) is 43.4 Å². The number of hydrogen-bond donors (Lipinski definition) is 2. The van der Waals surface area contributed by atoms with Gasteiger partial charge in [0.15, 0.2) is 0 Å². The third-order valence-corrected chi connectivity index (χ3v) is 6.42. The van der Waals surface area contributed by atoms with Crippen molar-refractivity contribution in [3.05, 3.63) is 96.0 Å². The van der Waals surface area contributed by atoms with Crippen molar-refractivity contribution >= 4 is 32.9 Å². The van der Waals surface area contributed by atoms with Crippen molar-refractivity contribution in [2.75, 3.05) is 26.0 Å². The lowest BCUT2D eigenvalue weighted by Gasteiger charge is -2.28. The van der Waals surface area contributed by atoms with Gasteiger partial charge in [0.05, 0.1) is 11.9 Å². The lowest BCUT2D eigenvalue weighted by atomic mass is 10.0. The van der Waals surface area contributed by atoms with E-state index in [1.165, 1.54) is 6.08 Å². The molecule has 7 nitrogen and oxygen atoms in total. The summed E-state index contributed by atoms with van der Waals surface area (Å²) in [6.07, 6.45) is 13.8. The van der Waals surface area contributed by atoms with Crippen molar-refractivity contribution in [1.29, 1.82) is 0 Å². The van der Waals surface area contributed by atoms with Crippen molar-refractivity contribution in [2.24, 2.45) is 5.92 Å². The fourth-order valence-electron chi connectivity index (χ4n) is 3.71. The van der Waals surface area contributed by atoms with Crippen LogP contribution in [0.4, 0.5) is 10.2 Å². The molecule has 2 amide bonds. The highest BCUT2D eigenvalue weighted by Gasteiger charge is 2.29. The molecule has 1 aliphatic carbocycles. The average Bonchev–Trinajstić information content (AvgIpc) is 3.39. The van der Waals surface area contributed by atoms with Crippen LogP contribution in [0.15, 0.2) is 79.2 Å². The van der Waals surface area contributed by atoms with E-state index in [0.717, 1.165) is 22.1 Å². The van der Waals surface area contributed by atoms with Crippen molar-refractivity contribution in [3.8, 4) is 0 Å². The van der Waals surface area contributed by atoms with E-state index in [4.69, 9.17) is 0 Å². The Hall–Kier alpha value is -3.48. The minimum atomic E-state index is -0.595. The summed E-state index contributed by atoms with van der Waals surface area (Å²) in [6.45, 7) is 11.7. The van der Waals surface area contributed by atoms with Crippen LogP contribution in [0, 0.1) is 5.92 Å². The zero-order valence-electron chi connectivity index (χ0n) is 24.4. The van der Waals surface area contributed by atoms with Gasteiger partial charge in [-0.05, 0) is 68.0 Å². The number of carbonyl (C=O) groups is 2. The molecule has 0 bridgehead atoms. The van der Waals surface area contributed by atoms with E-state index in [0.29, 0.717) is 31.5 Å².